The molecule has 0 amide bonds. The van der Waals surface area contributed by atoms with Gasteiger partial charge in [-0.3, -0.25) is 0 Å². The number of anilines is 3. The van der Waals surface area contributed by atoms with Crippen LogP contribution in [0.3, 0.4) is 0 Å². The lowest BCUT2D eigenvalue weighted by molar-refractivity contribution is 0.661. The smallest absolute Gasteiger partial charge is 0.124 e. The van der Waals surface area contributed by atoms with Crippen LogP contribution in [0, 0.1) is 0 Å². The molecular formula is C46H33N3S. The highest BCUT2D eigenvalue weighted by atomic mass is 32.1. The predicted octanol–water partition coefficient (Wildman–Crippen LogP) is 12.8. The summed E-state index contributed by atoms with van der Waals surface area (Å²) in [4.78, 5) is 7.49. The van der Waals surface area contributed by atoms with Gasteiger partial charge in [-0.05, 0) is 95.1 Å². The Labute approximate surface area is 295 Å². The molecular weight excluding hydrogens is 627 g/mol. The van der Waals surface area contributed by atoms with Crippen LogP contribution in [-0.4, -0.2) is 9.55 Å². The molecule has 0 fully saturated rings. The van der Waals surface area contributed by atoms with E-state index in [4.69, 9.17) is 4.98 Å². The minimum absolute atomic E-state index is 0.180. The van der Waals surface area contributed by atoms with Crippen LogP contribution in [0.1, 0.15) is 25.0 Å². The molecule has 9 aromatic rings. The van der Waals surface area contributed by atoms with Gasteiger partial charge in [0.15, 0.2) is 0 Å². The van der Waals surface area contributed by atoms with Gasteiger partial charge in [0.1, 0.15) is 5.01 Å². The standard InChI is InChI=1S/C46H33N3S/c1-46(2)39-27-34(22-24-35(39)37-28-44-41(29-40(37)46)47-45(50-44)30-14-6-3-7-15-30)48(31-16-8-4-9-17-31)33-23-25-43-38(26-33)36-20-12-13-21-42(36)49(43)32-18-10-5-11-19-32/h3-29H,1-2H3. The van der Waals surface area contributed by atoms with Crippen molar-refractivity contribution in [3.05, 3.63) is 175 Å². The first-order chi connectivity index (χ1) is 24.5. The Morgan fingerprint density at radius 1 is 0.540 bits per heavy atom. The molecule has 0 saturated heterocycles. The highest BCUT2D eigenvalue weighted by molar-refractivity contribution is 7.21. The SMILES string of the molecule is CC1(C)c2cc(N(c3ccccc3)c3ccc4c(c3)c3ccccc3n4-c3ccccc3)ccc2-c2cc3sc(-c4ccccc4)nc3cc21. The molecule has 0 spiro atoms. The minimum Gasteiger partial charge on any atom is -0.310 e. The molecule has 10 rings (SSSR count). The molecule has 3 nitrogen and oxygen atoms in total. The summed E-state index contributed by atoms with van der Waals surface area (Å²) < 4.78 is 3.60. The summed E-state index contributed by atoms with van der Waals surface area (Å²) in [5, 5.41) is 3.55. The molecule has 1 aliphatic rings. The van der Waals surface area contributed by atoms with E-state index >= 15 is 0 Å². The first-order valence-electron chi connectivity index (χ1n) is 17.1. The third kappa shape index (κ3) is 4.38. The summed E-state index contributed by atoms with van der Waals surface area (Å²) in [5.74, 6) is 0. The average Bonchev–Trinajstić information content (AvgIpc) is 3.80. The summed E-state index contributed by atoms with van der Waals surface area (Å²) in [7, 11) is 0. The maximum atomic E-state index is 5.09. The fraction of sp³-hybridized carbons (Fsp3) is 0.0652. The number of thiazole rings is 1. The van der Waals surface area contributed by atoms with Crippen molar-refractivity contribution < 1.29 is 0 Å². The quantitative estimate of drug-likeness (QED) is 0.183. The molecule has 7 aromatic carbocycles. The predicted molar refractivity (Wildman–Crippen MR) is 212 cm³/mol. The molecule has 0 bridgehead atoms. The van der Waals surface area contributed by atoms with Gasteiger partial charge in [0.05, 0.1) is 21.3 Å². The molecule has 0 atom stereocenters. The van der Waals surface area contributed by atoms with Crippen LogP contribution in [-0.2, 0) is 5.41 Å². The van der Waals surface area contributed by atoms with Gasteiger partial charge in [-0.1, -0.05) is 105 Å². The zero-order chi connectivity index (χ0) is 33.4. The van der Waals surface area contributed by atoms with Gasteiger partial charge in [0.25, 0.3) is 0 Å². The minimum atomic E-state index is -0.180. The zero-order valence-electron chi connectivity index (χ0n) is 27.8. The van der Waals surface area contributed by atoms with Gasteiger partial charge < -0.3 is 9.47 Å². The molecule has 50 heavy (non-hydrogen) atoms. The molecule has 4 heteroatoms. The van der Waals surface area contributed by atoms with Gasteiger partial charge in [-0.2, -0.15) is 0 Å². The van der Waals surface area contributed by atoms with Gasteiger partial charge in [-0.25, -0.2) is 4.98 Å². The number of hydrogen-bond donors (Lipinski definition) is 0. The summed E-state index contributed by atoms with van der Waals surface area (Å²) in [6.45, 7) is 4.71. The van der Waals surface area contributed by atoms with Crippen LogP contribution in [0.15, 0.2) is 164 Å². The van der Waals surface area contributed by atoms with E-state index in [9.17, 15) is 0 Å². The van der Waals surface area contributed by atoms with E-state index in [1.54, 1.807) is 11.3 Å². The second-order valence-electron chi connectivity index (χ2n) is 13.7. The van der Waals surface area contributed by atoms with Gasteiger partial charge in [0, 0.05) is 44.5 Å². The lowest BCUT2D eigenvalue weighted by Crippen LogP contribution is -2.16. The molecule has 0 N–H and O–H groups in total. The van der Waals surface area contributed by atoms with Crippen molar-refractivity contribution >= 4 is 60.4 Å². The van der Waals surface area contributed by atoms with E-state index < -0.39 is 0 Å². The summed E-state index contributed by atoms with van der Waals surface area (Å²) in [6, 6.07) is 59.3. The number of fused-ring (bicyclic) bond motifs is 7. The van der Waals surface area contributed by atoms with Gasteiger partial charge in [-0.15, -0.1) is 11.3 Å². The number of para-hydroxylation sites is 3. The Morgan fingerprint density at radius 3 is 1.98 bits per heavy atom. The fourth-order valence-corrected chi connectivity index (χ4v) is 8.96. The van der Waals surface area contributed by atoms with Gasteiger partial charge >= 0.3 is 0 Å². The van der Waals surface area contributed by atoms with E-state index in [0.29, 0.717) is 0 Å². The lowest BCUT2D eigenvalue weighted by atomic mass is 9.82. The molecule has 0 radical (unpaired) electrons. The molecule has 1 aliphatic carbocycles. The normalized spacial score (nSPS) is 13.2. The van der Waals surface area contributed by atoms with Crippen molar-refractivity contribution in [1.82, 2.24) is 9.55 Å². The second kappa shape index (κ2) is 11.0. The van der Waals surface area contributed by atoms with E-state index in [1.165, 1.54) is 54.3 Å². The highest BCUT2D eigenvalue weighted by Gasteiger charge is 2.37. The third-order valence-electron chi connectivity index (χ3n) is 10.4. The van der Waals surface area contributed by atoms with Crippen molar-refractivity contribution in [2.24, 2.45) is 0 Å². The third-order valence-corrected chi connectivity index (χ3v) is 11.5. The number of aromatic nitrogens is 2. The second-order valence-corrected chi connectivity index (χ2v) is 14.7. The van der Waals surface area contributed by atoms with Crippen molar-refractivity contribution in [3.63, 3.8) is 0 Å². The van der Waals surface area contributed by atoms with E-state index in [1.807, 2.05) is 0 Å². The van der Waals surface area contributed by atoms with E-state index in [2.05, 4.69) is 187 Å². The van der Waals surface area contributed by atoms with Crippen molar-refractivity contribution in [3.8, 4) is 27.4 Å². The first-order valence-corrected chi connectivity index (χ1v) is 18.0. The van der Waals surface area contributed by atoms with Crippen LogP contribution in [0.2, 0.25) is 0 Å². The Hall–Kier alpha value is -5.97. The van der Waals surface area contributed by atoms with Crippen LogP contribution in [0.25, 0.3) is 59.4 Å². The summed E-state index contributed by atoms with van der Waals surface area (Å²) in [5.41, 5.74) is 14.3. The summed E-state index contributed by atoms with van der Waals surface area (Å²) >= 11 is 1.77. The van der Waals surface area contributed by atoms with Crippen molar-refractivity contribution in [2.75, 3.05) is 4.90 Å². The topological polar surface area (TPSA) is 21.1 Å². The lowest BCUT2D eigenvalue weighted by Gasteiger charge is -2.28. The highest BCUT2D eigenvalue weighted by Crippen LogP contribution is 2.52. The number of benzene rings is 7. The largest absolute Gasteiger partial charge is 0.310 e. The monoisotopic (exact) mass is 659 g/mol. The Bertz CT molecular complexity index is 2720. The van der Waals surface area contributed by atoms with Crippen molar-refractivity contribution in [1.29, 1.82) is 0 Å². The van der Waals surface area contributed by atoms with E-state index in [-0.39, 0.29) is 5.41 Å². The number of rotatable bonds is 5. The Morgan fingerprint density at radius 2 is 1.18 bits per heavy atom. The Kier molecular flexibility index (Phi) is 6.39. The van der Waals surface area contributed by atoms with Crippen LogP contribution in [0.5, 0.6) is 0 Å². The summed E-state index contributed by atoms with van der Waals surface area (Å²) in [6.07, 6.45) is 0. The first kappa shape index (κ1) is 29.0. The van der Waals surface area contributed by atoms with Crippen LogP contribution < -0.4 is 4.90 Å². The molecule has 0 aliphatic heterocycles. The van der Waals surface area contributed by atoms with Crippen LogP contribution in [0.4, 0.5) is 17.1 Å². The fourth-order valence-electron chi connectivity index (χ4n) is 7.97. The molecule has 2 heterocycles. The maximum absolute atomic E-state index is 5.09. The van der Waals surface area contributed by atoms with E-state index in [0.717, 1.165) is 33.3 Å². The molecule has 0 saturated carbocycles. The number of nitrogens with zero attached hydrogens (tertiary/aromatic N) is 3. The average molecular weight is 660 g/mol. The van der Waals surface area contributed by atoms with Gasteiger partial charge in [0.2, 0.25) is 0 Å². The molecule has 238 valence electrons. The molecule has 0 unspecified atom stereocenters. The maximum Gasteiger partial charge on any atom is 0.124 e. The Balaban J connectivity index is 1.13. The van der Waals surface area contributed by atoms with Crippen molar-refractivity contribution in [2.45, 2.75) is 19.3 Å². The number of hydrogen-bond acceptors (Lipinski definition) is 3. The molecule has 2 aromatic heterocycles. The van der Waals surface area contributed by atoms with Crippen LogP contribution >= 0.6 is 11.3 Å². The zero-order valence-corrected chi connectivity index (χ0v) is 28.7.